The summed E-state index contributed by atoms with van der Waals surface area (Å²) in [7, 11) is 1.85. The number of rotatable bonds is 3. The molecule has 0 radical (unpaired) electrons. The van der Waals surface area contributed by atoms with Gasteiger partial charge in [-0.2, -0.15) is 0 Å². The summed E-state index contributed by atoms with van der Waals surface area (Å²) < 4.78 is 6.22. The van der Waals surface area contributed by atoms with Crippen LogP contribution in [0.4, 0.5) is 0 Å². The Morgan fingerprint density at radius 2 is 2.00 bits per heavy atom. The van der Waals surface area contributed by atoms with E-state index < -0.39 is 0 Å². The predicted molar refractivity (Wildman–Crippen MR) is 73.8 cm³/mol. The van der Waals surface area contributed by atoms with Crippen molar-refractivity contribution >= 4 is 39.1 Å². The zero-order chi connectivity index (χ0) is 12.4. The van der Waals surface area contributed by atoms with E-state index in [1.807, 2.05) is 31.3 Å². The van der Waals surface area contributed by atoms with Crippen LogP contribution in [0, 0.1) is 0 Å². The van der Waals surface area contributed by atoms with E-state index in [0.717, 1.165) is 11.3 Å². The lowest BCUT2D eigenvalue weighted by atomic mass is 10.0. The highest BCUT2D eigenvalue weighted by Crippen LogP contribution is 2.34. The van der Waals surface area contributed by atoms with Gasteiger partial charge in [0, 0.05) is 0 Å². The van der Waals surface area contributed by atoms with Crippen molar-refractivity contribution in [2.24, 2.45) is 0 Å². The lowest BCUT2D eigenvalue weighted by molar-refractivity contribution is 0.447. The molecule has 17 heavy (non-hydrogen) atoms. The van der Waals surface area contributed by atoms with Crippen molar-refractivity contribution in [3.63, 3.8) is 0 Å². The lowest BCUT2D eigenvalue weighted by Gasteiger charge is -2.16. The Morgan fingerprint density at radius 3 is 2.59 bits per heavy atom. The molecule has 0 aliphatic carbocycles. The van der Waals surface area contributed by atoms with Gasteiger partial charge in [-0.25, -0.2) is 0 Å². The maximum absolute atomic E-state index is 6.20. The van der Waals surface area contributed by atoms with Crippen molar-refractivity contribution < 1.29 is 4.42 Å². The Bertz CT molecular complexity index is 527. The van der Waals surface area contributed by atoms with Gasteiger partial charge in [-0.15, -0.1) is 0 Å². The van der Waals surface area contributed by atoms with Crippen molar-refractivity contribution in [2.45, 2.75) is 6.04 Å². The molecule has 0 fully saturated rings. The van der Waals surface area contributed by atoms with E-state index in [2.05, 4.69) is 21.2 Å². The van der Waals surface area contributed by atoms with Crippen molar-refractivity contribution in [3.05, 3.63) is 56.4 Å². The molecule has 0 saturated carbocycles. The second kappa shape index (κ2) is 5.44. The Morgan fingerprint density at radius 1 is 1.24 bits per heavy atom. The fraction of sp³-hybridized carbons (Fsp3) is 0.167. The first kappa shape index (κ1) is 13.0. The van der Waals surface area contributed by atoms with Crippen molar-refractivity contribution in [3.8, 4) is 0 Å². The summed E-state index contributed by atoms with van der Waals surface area (Å²) in [6, 6.07) is 9.17. The van der Waals surface area contributed by atoms with Crippen LogP contribution in [0.1, 0.15) is 17.4 Å². The van der Waals surface area contributed by atoms with E-state index in [-0.39, 0.29) is 6.04 Å². The van der Waals surface area contributed by atoms with Crippen molar-refractivity contribution in [1.29, 1.82) is 0 Å². The number of furan rings is 1. The summed E-state index contributed by atoms with van der Waals surface area (Å²) in [6.07, 6.45) is 0. The van der Waals surface area contributed by atoms with Gasteiger partial charge in [-0.05, 0) is 46.7 Å². The maximum atomic E-state index is 6.20. The molecule has 0 bridgehead atoms. The van der Waals surface area contributed by atoms with Crippen LogP contribution in [0.3, 0.4) is 0 Å². The van der Waals surface area contributed by atoms with E-state index >= 15 is 0 Å². The minimum Gasteiger partial charge on any atom is -0.452 e. The second-order valence-electron chi connectivity index (χ2n) is 3.51. The van der Waals surface area contributed by atoms with E-state index in [4.69, 9.17) is 27.6 Å². The third kappa shape index (κ3) is 2.68. The molecule has 0 aliphatic heterocycles. The van der Waals surface area contributed by atoms with Crippen LogP contribution >= 0.6 is 39.1 Å². The van der Waals surface area contributed by atoms with Crippen LogP contribution < -0.4 is 5.32 Å². The summed E-state index contributed by atoms with van der Waals surface area (Å²) in [5, 5.41) is 4.24. The highest BCUT2D eigenvalue weighted by molar-refractivity contribution is 9.10. The van der Waals surface area contributed by atoms with Crippen molar-refractivity contribution in [2.75, 3.05) is 7.05 Å². The molecule has 90 valence electrons. The molecule has 1 unspecified atom stereocenters. The van der Waals surface area contributed by atoms with Crippen LogP contribution in [0.15, 0.2) is 39.4 Å². The quantitative estimate of drug-likeness (QED) is 0.883. The first-order valence-electron chi connectivity index (χ1n) is 5.00. The molecule has 1 heterocycles. The minimum absolute atomic E-state index is 0.118. The van der Waals surface area contributed by atoms with Gasteiger partial charge in [0.15, 0.2) is 4.67 Å². The van der Waals surface area contributed by atoms with Crippen LogP contribution in [-0.4, -0.2) is 7.05 Å². The smallest absolute Gasteiger partial charge is 0.169 e. The molecule has 0 amide bonds. The number of halogens is 3. The third-order valence-corrected chi connectivity index (χ3v) is 3.72. The Hall–Kier alpha value is -0.480. The minimum atomic E-state index is -0.118. The normalized spacial score (nSPS) is 12.7. The van der Waals surface area contributed by atoms with Crippen LogP contribution in [0.25, 0.3) is 0 Å². The van der Waals surface area contributed by atoms with E-state index in [1.54, 1.807) is 6.07 Å². The second-order valence-corrected chi connectivity index (χ2v) is 5.07. The van der Waals surface area contributed by atoms with Gasteiger partial charge in [0.25, 0.3) is 0 Å². The largest absolute Gasteiger partial charge is 0.452 e. The molecule has 1 aromatic heterocycles. The third-order valence-electron chi connectivity index (χ3n) is 2.46. The molecule has 1 N–H and O–H groups in total. The standard InChI is InChI=1S/C12H10BrCl2NO/c1-16-12(9-5-6-10(13)17-9)7-3-2-4-8(14)11(7)15/h2-6,12,16H,1H3. The van der Waals surface area contributed by atoms with E-state index in [0.29, 0.717) is 14.7 Å². The molecule has 2 nitrogen and oxygen atoms in total. The number of benzene rings is 1. The average Bonchev–Trinajstić information content (AvgIpc) is 2.72. The van der Waals surface area contributed by atoms with Gasteiger partial charge in [0.2, 0.25) is 0 Å². The number of hydrogen-bond donors (Lipinski definition) is 1. The molecule has 0 aliphatic rings. The highest BCUT2D eigenvalue weighted by atomic mass is 79.9. The fourth-order valence-electron chi connectivity index (χ4n) is 1.68. The molecular weight excluding hydrogens is 325 g/mol. The van der Waals surface area contributed by atoms with Gasteiger partial charge in [-0.3, -0.25) is 0 Å². The van der Waals surface area contributed by atoms with Crippen LogP contribution in [0.5, 0.6) is 0 Å². The van der Waals surface area contributed by atoms with E-state index in [1.165, 1.54) is 0 Å². The average molecular weight is 335 g/mol. The first-order chi connectivity index (χ1) is 8.13. The fourth-order valence-corrected chi connectivity index (χ4v) is 2.41. The van der Waals surface area contributed by atoms with E-state index in [9.17, 15) is 0 Å². The summed E-state index contributed by atoms with van der Waals surface area (Å²) in [4.78, 5) is 0. The maximum Gasteiger partial charge on any atom is 0.169 e. The van der Waals surface area contributed by atoms with Gasteiger partial charge in [0.1, 0.15) is 5.76 Å². The Kier molecular flexibility index (Phi) is 4.15. The molecule has 2 rings (SSSR count). The Balaban J connectivity index is 2.45. The monoisotopic (exact) mass is 333 g/mol. The molecule has 2 aromatic rings. The lowest BCUT2D eigenvalue weighted by Crippen LogP contribution is -2.17. The predicted octanol–water partition coefficient (Wildman–Crippen LogP) is 4.66. The summed E-state index contributed by atoms with van der Waals surface area (Å²) in [5.74, 6) is 0.781. The number of nitrogens with one attached hydrogen (secondary N) is 1. The topological polar surface area (TPSA) is 25.2 Å². The van der Waals surface area contributed by atoms with Crippen LogP contribution in [-0.2, 0) is 0 Å². The molecule has 0 saturated heterocycles. The zero-order valence-electron chi connectivity index (χ0n) is 9.01. The van der Waals surface area contributed by atoms with Crippen molar-refractivity contribution in [1.82, 2.24) is 5.32 Å². The summed E-state index contributed by atoms with van der Waals surface area (Å²) >= 11 is 15.5. The summed E-state index contributed by atoms with van der Waals surface area (Å²) in [6.45, 7) is 0. The first-order valence-corrected chi connectivity index (χ1v) is 6.54. The zero-order valence-corrected chi connectivity index (χ0v) is 12.1. The summed E-state index contributed by atoms with van der Waals surface area (Å²) in [5.41, 5.74) is 0.892. The SMILES string of the molecule is CNC(c1ccc(Br)o1)c1cccc(Cl)c1Cl. The van der Waals surface area contributed by atoms with Gasteiger partial charge >= 0.3 is 0 Å². The Labute approximate surface area is 118 Å². The molecular formula is C12H10BrCl2NO. The van der Waals surface area contributed by atoms with Gasteiger partial charge in [-0.1, -0.05) is 35.3 Å². The molecule has 0 spiro atoms. The van der Waals surface area contributed by atoms with Crippen LogP contribution in [0.2, 0.25) is 10.0 Å². The molecule has 1 aromatic carbocycles. The number of hydrogen-bond acceptors (Lipinski definition) is 2. The molecule has 5 heteroatoms. The van der Waals surface area contributed by atoms with Gasteiger partial charge < -0.3 is 9.73 Å². The molecule has 1 atom stereocenters. The highest BCUT2D eigenvalue weighted by Gasteiger charge is 2.19. The van der Waals surface area contributed by atoms with Gasteiger partial charge in [0.05, 0.1) is 16.1 Å².